The lowest BCUT2D eigenvalue weighted by molar-refractivity contribution is -0.149. The lowest BCUT2D eigenvalue weighted by Gasteiger charge is -2.37. The van der Waals surface area contributed by atoms with Crippen molar-refractivity contribution in [2.45, 2.75) is 45.1 Å². The van der Waals surface area contributed by atoms with E-state index in [0.29, 0.717) is 26.0 Å². The molecule has 1 aromatic carbocycles. The number of unbranched alkanes of at least 4 members (excludes halogenated alkanes) is 1. The predicted octanol–water partition coefficient (Wildman–Crippen LogP) is 3.71. The molecular formula is C18H24BrNO4. The minimum absolute atomic E-state index is 0.0529. The number of carboxylic acid groups (broad SMARTS) is 1. The van der Waals surface area contributed by atoms with Gasteiger partial charge in [0.15, 0.2) is 0 Å². The Balaban J connectivity index is 1.69. The van der Waals surface area contributed by atoms with Crippen LogP contribution in [-0.2, 0) is 9.59 Å². The molecular weight excluding hydrogens is 374 g/mol. The van der Waals surface area contributed by atoms with E-state index < -0.39 is 11.9 Å². The van der Waals surface area contributed by atoms with Gasteiger partial charge in [-0.3, -0.25) is 9.59 Å². The van der Waals surface area contributed by atoms with E-state index in [9.17, 15) is 14.7 Å². The average molecular weight is 398 g/mol. The molecule has 5 nitrogen and oxygen atoms in total. The fourth-order valence-electron chi connectivity index (χ4n) is 3.07. The average Bonchev–Trinajstić information content (AvgIpc) is 2.56. The normalized spacial score (nSPS) is 20.7. The molecule has 0 radical (unpaired) electrons. The summed E-state index contributed by atoms with van der Waals surface area (Å²) in [6, 6.07) is 7.43. The molecule has 2 rings (SSSR count). The van der Waals surface area contributed by atoms with Crippen LogP contribution >= 0.6 is 15.9 Å². The van der Waals surface area contributed by atoms with Gasteiger partial charge in [0.25, 0.3) is 0 Å². The van der Waals surface area contributed by atoms with Crippen molar-refractivity contribution in [2.75, 3.05) is 13.2 Å². The van der Waals surface area contributed by atoms with Gasteiger partial charge in [0, 0.05) is 23.5 Å². The quantitative estimate of drug-likeness (QED) is 0.712. The molecule has 0 aliphatic carbocycles. The Morgan fingerprint density at radius 2 is 2.00 bits per heavy atom. The molecule has 2 atom stereocenters. The van der Waals surface area contributed by atoms with Gasteiger partial charge < -0.3 is 14.7 Å². The van der Waals surface area contributed by atoms with Crippen molar-refractivity contribution in [1.29, 1.82) is 0 Å². The number of benzene rings is 1. The van der Waals surface area contributed by atoms with Crippen LogP contribution in [0.15, 0.2) is 28.7 Å². The molecule has 1 aliphatic rings. The number of ether oxygens (including phenoxy) is 1. The number of piperidine rings is 1. The fraction of sp³-hybridized carbons (Fsp3) is 0.556. The number of carboxylic acids is 1. The van der Waals surface area contributed by atoms with E-state index in [4.69, 9.17) is 4.74 Å². The lowest BCUT2D eigenvalue weighted by Crippen LogP contribution is -2.49. The molecule has 1 fully saturated rings. The molecule has 132 valence electrons. The van der Waals surface area contributed by atoms with Crippen molar-refractivity contribution in [1.82, 2.24) is 4.90 Å². The number of hydrogen-bond acceptors (Lipinski definition) is 3. The molecule has 1 heterocycles. The number of carbonyl (C=O) groups is 2. The third-order valence-corrected chi connectivity index (χ3v) is 5.02. The number of likely N-dealkylation sites (tertiary alicyclic amines) is 1. The van der Waals surface area contributed by atoms with Gasteiger partial charge in [-0.05, 0) is 56.9 Å². The summed E-state index contributed by atoms with van der Waals surface area (Å²) in [4.78, 5) is 25.3. The second-order valence-electron chi connectivity index (χ2n) is 6.17. The molecule has 0 spiro atoms. The van der Waals surface area contributed by atoms with Crippen LogP contribution in [0.25, 0.3) is 0 Å². The van der Waals surface area contributed by atoms with Crippen molar-refractivity contribution >= 4 is 27.8 Å². The first-order valence-corrected chi connectivity index (χ1v) is 9.19. The van der Waals surface area contributed by atoms with Crippen LogP contribution in [0.4, 0.5) is 0 Å². The summed E-state index contributed by atoms with van der Waals surface area (Å²) in [6.45, 7) is 3.08. The number of rotatable bonds is 7. The number of nitrogens with zero attached hydrogens (tertiary/aromatic N) is 1. The molecule has 1 aromatic rings. The SMILES string of the molecule is C[C@@H]1[C@H](C(=O)O)CCCN1C(=O)CCCCOc1ccc(Br)cc1. The van der Waals surface area contributed by atoms with Gasteiger partial charge in [0.05, 0.1) is 12.5 Å². The Kier molecular flexibility index (Phi) is 7.09. The third kappa shape index (κ3) is 5.23. The monoisotopic (exact) mass is 397 g/mol. The lowest BCUT2D eigenvalue weighted by atomic mass is 9.90. The highest BCUT2D eigenvalue weighted by molar-refractivity contribution is 9.10. The first-order valence-electron chi connectivity index (χ1n) is 8.39. The van der Waals surface area contributed by atoms with Crippen LogP contribution in [0.3, 0.4) is 0 Å². The first-order chi connectivity index (χ1) is 11.5. The highest BCUT2D eigenvalue weighted by atomic mass is 79.9. The molecule has 24 heavy (non-hydrogen) atoms. The Morgan fingerprint density at radius 3 is 2.67 bits per heavy atom. The maximum atomic E-state index is 12.3. The predicted molar refractivity (Wildman–Crippen MR) is 95.0 cm³/mol. The van der Waals surface area contributed by atoms with Crippen molar-refractivity contribution < 1.29 is 19.4 Å². The van der Waals surface area contributed by atoms with Gasteiger partial charge >= 0.3 is 5.97 Å². The molecule has 1 N–H and O–H groups in total. The van der Waals surface area contributed by atoms with E-state index in [1.807, 2.05) is 31.2 Å². The summed E-state index contributed by atoms with van der Waals surface area (Å²) in [5.74, 6) is -0.373. The summed E-state index contributed by atoms with van der Waals surface area (Å²) in [5.41, 5.74) is 0. The molecule has 6 heteroatoms. The summed E-state index contributed by atoms with van der Waals surface area (Å²) in [5, 5.41) is 9.22. The second kappa shape index (κ2) is 9.06. The largest absolute Gasteiger partial charge is 0.494 e. The highest BCUT2D eigenvalue weighted by Crippen LogP contribution is 2.24. The third-order valence-electron chi connectivity index (χ3n) is 4.49. The number of halogens is 1. The zero-order valence-corrected chi connectivity index (χ0v) is 15.5. The topological polar surface area (TPSA) is 66.8 Å². The van der Waals surface area contributed by atoms with Crippen molar-refractivity contribution in [3.63, 3.8) is 0 Å². The van der Waals surface area contributed by atoms with Gasteiger partial charge in [0.1, 0.15) is 5.75 Å². The summed E-state index contributed by atoms with van der Waals surface area (Å²) < 4.78 is 6.64. The van der Waals surface area contributed by atoms with E-state index in [2.05, 4.69) is 15.9 Å². The number of aliphatic carboxylic acids is 1. The van der Waals surface area contributed by atoms with Crippen molar-refractivity contribution in [3.05, 3.63) is 28.7 Å². The zero-order chi connectivity index (χ0) is 17.5. The number of amides is 1. The minimum atomic E-state index is -0.803. The van der Waals surface area contributed by atoms with Gasteiger partial charge in [-0.2, -0.15) is 0 Å². The van der Waals surface area contributed by atoms with Gasteiger partial charge in [-0.1, -0.05) is 15.9 Å². The Morgan fingerprint density at radius 1 is 1.29 bits per heavy atom. The summed E-state index contributed by atoms with van der Waals surface area (Å²) in [6.07, 6.45) is 3.41. The molecule has 0 unspecified atom stereocenters. The summed E-state index contributed by atoms with van der Waals surface area (Å²) >= 11 is 3.38. The molecule has 0 aromatic heterocycles. The zero-order valence-electron chi connectivity index (χ0n) is 13.9. The van der Waals surface area contributed by atoms with Crippen LogP contribution in [0.2, 0.25) is 0 Å². The smallest absolute Gasteiger partial charge is 0.308 e. The first kappa shape index (κ1) is 18.8. The van der Waals surface area contributed by atoms with E-state index >= 15 is 0 Å². The van der Waals surface area contributed by atoms with Gasteiger partial charge in [-0.25, -0.2) is 0 Å². The second-order valence-corrected chi connectivity index (χ2v) is 7.09. The minimum Gasteiger partial charge on any atom is -0.494 e. The van der Waals surface area contributed by atoms with E-state index in [1.165, 1.54) is 0 Å². The Hall–Kier alpha value is -1.56. The standard InChI is InChI=1S/C18H24BrNO4/c1-13-16(18(22)23)5-4-11-20(13)17(21)6-2-3-12-24-15-9-7-14(19)8-10-15/h7-10,13,16H,2-6,11-12H2,1H3,(H,22,23)/t13-,16-/m1/s1. The van der Waals surface area contributed by atoms with Crippen LogP contribution < -0.4 is 4.74 Å². The molecule has 0 saturated carbocycles. The highest BCUT2D eigenvalue weighted by Gasteiger charge is 2.34. The van der Waals surface area contributed by atoms with E-state index in [1.54, 1.807) is 4.90 Å². The number of hydrogen-bond donors (Lipinski definition) is 1. The molecule has 1 amide bonds. The maximum absolute atomic E-state index is 12.3. The molecule has 0 bridgehead atoms. The van der Waals surface area contributed by atoms with Crippen molar-refractivity contribution in [2.24, 2.45) is 5.92 Å². The Bertz CT molecular complexity index is 561. The van der Waals surface area contributed by atoms with Crippen molar-refractivity contribution in [3.8, 4) is 5.75 Å². The molecule has 1 saturated heterocycles. The Labute approximate surface area is 151 Å². The van der Waals surface area contributed by atoms with Gasteiger partial charge in [0.2, 0.25) is 5.91 Å². The van der Waals surface area contributed by atoms with E-state index in [0.717, 1.165) is 29.5 Å². The van der Waals surface area contributed by atoms with Crippen LogP contribution in [0, 0.1) is 5.92 Å². The van der Waals surface area contributed by atoms with E-state index in [-0.39, 0.29) is 11.9 Å². The van der Waals surface area contributed by atoms with Gasteiger partial charge in [-0.15, -0.1) is 0 Å². The molecule has 1 aliphatic heterocycles. The summed E-state index contributed by atoms with van der Waals surface area (Å²) in [7, 11) is 0. The fourth-order valence-corrected chi connectivity index (χ4v) is 3.33. The number of carbonyl (C=O) groups excluding carboxylic acids is 1. The van der Waals surface area contributed by atoms with Crippen LogP contribution in [0.5, 0.6) is 5.75 Å². The maximum Gasteiger partial charge on any atom is 0.308 e. The van der Waals surface area contributed by atoms with Crippen LogP contribution in [-0.4, -0.2) is 41.1 Å². The van der Waals surface area contributed by atoms with Crippen LogP contribution in [0.1, 0.15) is 39.0 Å².